The molecule has 0 amide bonds. The van der Waals surface area contributed by atoms with Crippen molar-refractivity contribution in [1.29, 1.82) is 5.26 Å². The largest absolute Gasteiger partial charge is 0.251 e. The van der Waals surface area contributed by atoms with Crippen molar-refractivity contribution in [2.24, 2.45) is 0 Å². The normalized spacial score (nSPS) is 10.2. The first-order valence-corrected chi connectivity index (χ1v) is 4.94. The van der Waals surface area contributed by atoms with Gasteiger partial charge < -0.3 is 0 Å². The first-order valence-electron chi connectivity index (χ1n) is 4.94. The van der Waals surface area contributed by atoms with Crippen LogP contribution in [0.5, 0.6) is 0 Å². The van der Waals surface area contributed by atoms with Crippen LogP contribution in [-0.2, 0) is 6.42 Å². The van der Waals surface area contributed by atoms with Crippen LogP contribution in [0.25, 0.3) is 10.9 Å². The number of rotatable bonds is 1. The van der Waals surface area contributed by atoms with Gasteiger partial charge in [0, 0.05) is 5.39 Å². The van der Waals surface area contributed by atoms with Crippen molar-refractivity contribution in [3.05, 3.63) is 41.1 Å². The molecule has 1 heterocycles. The Morgan fingerprint density at radius 2 is 2.07 bits per heavy atom. The highest BCUT2D eigenvalue weighted by molar-refractivity contribution is 5.80. The number of nitriles is 1. The molecule has 2 aromatic rings. The highest BCUT2D eigenvalue weighted by Crippen LogP contribution is 2.17. The van der Waals surface area contributed by atoms with Crippen LogP contribution in [0.4, 0.5) is 0 Å². The molecule has 0 atom stereocenters. The van der Waals surface area contributed by atoms with E-state index in [1.807, 2.05) is 19.1 Å². The predicted octanol–water partition coefficient (Wildman–Crippen LogP) is 2.92. The van der Waals surface area contributed by atoms with Crippen molar-refractivity contribution in [2.45, 2.75) is 20.3 Å². The zero-order valence-corrected chi connectivity index (χ0v) is 8.91. The Morgan fingerprint density at radius 1 is 1.27 bits per heavy atom. The molecule has 2 nitrogen and oxygen atoms in total. The third kappa shape index (κ3) is 1.82. The van der Waals surface area contributed by atoms with Crippen molar-refractivity contribution >= 4 is 10.9 Å². The summed E-state index contributed by atoms with van der Waals surface area (Å²) in [5.41, 5.74) is 4.18. The summed E-state index contributed by atoms with van der Waals surface area (Å²) in [6.45, 7) is 4.07. The van der Waals surface area contributed by atoms with E-state index in [1.165, 1.54) is 5.56 Å². The first kappa shape index (κ1) is 9.67. The van der Waals surface area contributed by atoms with E-state index in [0.29, 0.717) is 6.42 Å². The summed E-state index contributed by atoms with van der Waals surface area (Å²) in [4.78, 5) is 4.48. The number of benzene rings is 1. The van der Waals surface area contributed by atoms with Gasteiger partial charge >= 0.3 is 0 Å². The Kier molecular flexibility index (Phi) is 2.39. The molecule has 0 unspecified atom stereocenters. The maximum atomic E-state index is 8.67. The fourth-order valence-corrected chi connectivity index (χ4v) is 1.70. The Morgan fingerprint density at radius 3 is 2.80 bits per heavy atom. The lowest BCUT2D eigenvalue weighted by atomic mass is 10.1. The Bertz CT molecular complexity index is 550. The van der Waals surface area contributed by atoms with Crippen molar-refractivity contribution in [3.8, 4) is 6.07 Å². The highest BCUT2D eigenvalue weighted by Gasteiger charge is 2.02. The van der Waals surface area contributed by atoms with Gasteiger partial charge in [-0.2, -0.15) is 5.26 Å². The van der Waals surface area contributed by atoms with Crippen LogP contribution in [0.2, 0.25) is 0 Å². The van der Waals surface area contributed by atoms with Crippen LogP contribution in [0.3, 0.4) is 0 Å². The van der Waals surface area contributed by atoms with Gasteiger partial charge in [0.1, 0.15) is 0 Å². The number of pyridine rings is 1. The quantitative estimate of drug-likeness (QED) is 0.703. The molecule has 2 heteroatoms. The summed E-state index contributed by atoms with van der Waals surface area (Å²) in [7, 11) is 0. The number of aryl methyl sites for hydroxylation is 2. The van der Waals surface area contributed by atoms with E-state index in [0.717, 1.165) is 22.2 Å². The zero-order valence-electron chi connectivity index (χ0n) is 8.91. The van der Waals surface area contributed by atoms with Crippen molar-refractivity contribution < 1.29 is 0 Å². The van der Waals surface area contributed by atoms with Gasteiger partial charge in [-0.15, -0.1) is 0 Å². The summed E-state index contributed by atoms with van der Waals surface area (Å²) in [6.07, 6.45) is 0.385. The molecule has 0 saturated heterocycles. The van der Waals surface area contributed by atoms with E-state index in [2.05, 4.69) is 30.1 Å². The number of nitrogens with zero attached hydrogens (tertiary/aromatic N) is 2. The minimum atomic E-state index is 0.385. The second-order valence-corrected chi connectivity index (χ2v) is 3.78. The summed E-state index contributed by atoms with van der Waals surface area (Å²) >= 11 is 0. The van der Waals surface area contributed by atoms with Gasteiger partial charge in [-0.1, -0.05) is 11.6 Å². The molecule has 0 bridgehead atoms. The number of hydrogen-bond donors (Lipinski definition) is 0. The summed E-state index contributed by atoms with van der Waals surface area (Å²) in [5.74, 6) is 0. The van der Waals surface area contributed by atoms with Gasteiger partial charge in [-0.05, 0) is 37.6 Å². The van der Waals surface area contributed by atoms with E-state index >= 15 is 0 Å². The maximum Gasteiger partial charge on any atom is 0.0777 e. The molecule has 0 aliphatic rings. The minimum Gasteiger partial charge on any atom is -0.251 e. The van der Waals surface area contributed by atoms with Crippen molar-refractivity contribution in [1.82, 2.24) is 4.98 Å². The molecule has 0 N–H and O–H groups in total. The van der Waals surface area contributed by atoms with Gasteiger partial charge in [-0.3, -0.25) is 4.98 Å². The van der Waals surface area contributed by atoms with Crippen molar-refractivity contribution in [2.75, 3.05) is 0 Å². The van der Waals surface area contributed by atoms with E-state index in [-0.39, 0.29) is 0 Å². The molecule has 0 saturated carbocycles. The van der Waals surface area contributed by atoms with Crippen molar-refractivity contribution in [3.63, 3.8) is 0 Å². The van der Waals surface area contributed by atoms with Gasteiger partial charge in [0.05, 0.1) is 23.7 Å². The molecule has 0 radical (unpaired) electrons. The van der Waals surface area contributed by atoms with E-state index in [4.69, 9.17) is 5.26 Å². The molecule has 0 spiro atoms. The van der Waals surface area contributed by atoms with Crippen LogP contribution in [0, 0.1) is 25.2 Å². The second-order valence-electron chi connectivity index (χ2n) is 3.78. The van der Waals surface area contributed by atoms with Crippen LogP contribution in [0.1, 0.15) is 16.8 Å². The number of hydrogen-bond acceptors (Lipinski definition) is 2. The first-order chi connectivity index (χ1) is 7.20. The fraction of sp³-hybridized carbons (Fsp3) is 0.231. The minimum absolute atomic E-state index is 0.385. The molecule has 74 valence electrons. The predicted molar refractivity (Wildman–Crippen MR) is 60.5 cm³/mol. The van der Waals surface area contributed by atoms with E-state index in [9.17, 15) is 0 Å². The molecule has 0 fully saturated rings. The Hall–Kier alpha value is -1.88. The van der Waals surface area contributed by atoms with Gasteiger partial charge in [-0.25, -0.2) is 0 Å². The van der Waals surface area contributed by atoms with Gasteiger partial charge in [0.15, 0.2) is 0 Å². The van der Waals surface area contributed by atoms with Crippen LogP contribution in [-0.4, -0.2) is 4.98 Å². The summed E-state index contributed by atoms with van der Waals surface area (Å²) < 4.78 is 0. The standard InChI is InChI=1S/C13H12N2/c1-9-3-4-13-11(7-9)8-10(2)12(15-13)5-6-14/h3-4,7-8H,5H2,1-2H3. The molecular weight excluding hydrogens is 184 g/mol. The lowest BCUT2D eigenvalue weighted by molar-refractivity contribution is 1.11. The fourth-order valence-electron chi connectivity index (χ4n) is 1.70. The Labute approximate surface area is 89.2 Å². The SMILES string of the molecule is Cc1ccc2nc(CC#N)c(C)cc2c1. The summed E-state index contributed by atoms with van der Waals surface area (Å²) in [6, 6.07) is 10.4. The Balaban J connectivity index is 2.66. The van der Waals surface area contributed by atoms with E-state index < -0.39 is 0 Å². The van der Waals surface area contributed by atoms with Gasteiger partial charge in [0.25, 0.3) is 0 Å². The second kappa shape index (κ2) is 3.70. The lowest BCUT2D eigenvalue weighted by Crippen LogP contribution is -1.93. The molecule has 1 aromatic heterocycles. The summed E-state index contributed by atoms with van der Waals surface area (Å²) in [5, 5.41) is 9.82. The lowest BCUT2D eigenvalue weighted by Gasteiger charge is -2.04. The number of aromatic nitrogens is 1. The average Bonchev–Trinajstić information content (AvgIpc) is 2.20. The van der Waals surface area contributed by atoms with Crippen LogP contribution < -0.4 is 0 Å². The third-order valence-corrected chi connectivity index (χ3v) is 2.51. The average molecular weight is 196 g/mol. The topological polar surface area (TPSA) is 36.7 Å². The molecule has 0 aliphatic carbocycles. The molecular formula is C13H12N2. The molecule has 1 aromatic carbocycles. The van der Waals surface area contributed by atoms with Gasteiger partial charge in [0.2, 0.25) is 0 Å². The molecule has 0 aliphatic heterocycles. The smallest absolute Gasteiger partial charge is 0.0777 e. The molecule has 15 heavy (non-hydrogen) atoms. The third-order valence-electron chi connectivity index (χ3n) is 2.51. The monoisotopic (exact) mass is 196 g/mol. The molecule has 2 rings (SSSR count). The maximum absolute atomic E-state index is 8.67. The van der Waals surface area contributed by atoms with E-state index in [1.54, 1.807) is 0 Å². The van der Waals surface area contributed by atoms with Crippen LogP contribution in [0.15, 0.2) is 24.3 Å². The highest BCUT2D eigenvalue weighted by atomic mass is 14.7. The zero-order chi connectivity index (χ0) is 10.8. The number of fused-ring (bicyclic) bond motifs is 1. The van der Waals surface area contributed by atoms with Crippen LogP contribution >= 0.6 is 0 Å².